The zero-order chi connectivity index (χ0) is 26.1. The number of ether oxygens (including phenoxy) is 1. The minimum absolute atomic E-state index is 0.115. The minimum Gasteiger partial charge on any atom is -0.449 e. The average Bonchev–Trinajstić information content (AvgIpc) is 3.27. The van der Waals surface area contributed by atoms with Crippen LogP contribution in [0, 0.1) is 26.6 Å². The van der Waals surface area contributed by atoms with Gasteiger partial charge in [0, 0.05) is 24.1 Å². The Hall–Kier alpha value is -4.40. The number of nitrogens with one attached hydrogen (secondary N) is 1. The Morgan fingerprint density at radius 3 is 2.22 bits per heavy atom. The SMILES string of the molecule is Cc1cc(C(=O)O[C@H](C)C(=O)Nc2c(C)n(C)n(-c3ccccc3)c2=O)c(C)n1-c1ccc(F)cc1. The maximum absolute atomic E-state index is 13.3. The predicted octanol–water partition coefficient (Wildman–Crippen LogP) is 4.22. The lowest BCUT2D eigenvalue weighted by Gasteiger charge is -2.13. The number of hydrogen-bond acceptors (Lipinski definition) is 4. The Bertz CT molecular complexity index is 1500. The van der Waals surface area contributed by atoms with Gasteiger partial charge in [-0.15, -0.1) is 0 Å². The first-order chi connectivity index (χ1) is 17.1. The van der Waals surface area contributed by atoms with Gasteiger partial charge in [-0.3, -0.25) is 14.3 Å². The third kappa shape index (κ3) is 4.47. The lowest BCUT2D eigenvalue weighted by atomic mass is 10.2. The van der Waals surface area contributed by atoms with Gasteiger partial charge in [0.05, 0.1) is 16.9 Å². The molecule has 0 saturated heterocycles. The first-order valence-corrected chi connectivity index (χ1v) is 11.4. The highest BCUT2D eigenvalue weighted by molar-refractivity contribution is 5.98. The summed E-state index contributed by atoms with van der Waals surface area (Å²) in [7, 11) is 1.72. The number of aromatic nitrogens is 3. The molecule has 0 radical (unpaired) electrons. The number of nitrogens with zero attached hydrogens (tertiary/aromatic N) is 3. The lowest BCUT2D eigenvalue weighted by molar-refractivity contribution is -0.123. The third-order valence-electron chi connectivity index (χ3n) is 6.19. The van der Waals surface area contributed by atoms with E-state index in [1.54, 1.807) is 60.5 Å². The molecule has 2 heterocycles. The third-order valence-corrected chi connectivity index (χ3v) is 6.19. The molecule has 9 heteroatoms. The fourth-order valence-electron chi connectivity index (χ4n) is 4.17. The van der Waals surface area contributed by atoms with Crippen molar-refractivity contribution in [2.24, 2.45) is 7.05 Å². The van der Waals surface area contributed by atoms with E-state index in [-0.39, 0.29) is 11.5 Å². The van der Waals surface area contributed by atoms with Crippen LogP contribution in [-0.2, 0) is 16.6 Å². The van der Waals surface area contributed by atoms with Gasteiger partial charge >= 0.3 is 5.97 Å². The molecule has 4 aromatic rings. The molecule has 0 aliphatic heterocycles. The minimum atomic E-state index is -1.16. The molecule has 0 aliphatic rings. The summed E-state index contributed by atoms with van der Waals surface area (Å²) < 4.78 is 23.7. The molecule has 0 aliphatic carbocycles. The van der Waals surface area contributed by atoms with Crippen LogP contribution in [0.5, 0.6) is 0 Å². The maximum Gasteiger partial charge on any atom is 0.340 e. The second-order valence-electron chi connectivity index (χ2n) is 8.57. The summed E-state index contributed by atoms with van der Waals surface area (Å²) in [5.74, 6) is -1.66. The van der Waals surface area contributed by atoms with Gasteiger partial charge < -0.3 is 14.6 Å². The summed E-state index contributed by atoms with van der Waals surface area (Å²) in [4.78, 5) is 38.8. The molecular formula is C27H27FN4O4. The second-order valence-corrected chi connectivity index (χ2v) is 8.57. The average molecular weight is 491 g/mol. The molecular weight excluding hydrogens is 463 g/mol. The van der Waals surface area contributed by atoms with Crippen LogP contribution in [-0.4, -0.2) is 31.9 Å². The normalized spacial score (nSPS) is 11.8. The van der Waals surface area contributed by atoms with Crippen LogP contribution >= 0.6 is 0 Å². The molecule has 1 N–H and O–H groups in total. The number of rotatable bonds is 6. The van der Waals surface area contributed by atoms with Crippen molar-refractivity contribution in [2.75, 3.05) is 5.32 Å². The zero-order valence-electron chi connectivity index (χ0n) is 20.7. The van der Waals surface area contributed by atoms with Gasteiger partial charge in [-0.2, -0.15) is 0 Å². The van der Waals surface area contributed by atoms with Crippen molar-refractivity contribution in [3.8, 4) is 11.4 Å². The summed E-state index contributed by atoms with van der Waals surface area (Å²) in [5, 5.41) is 2.62. The van der Waals surface area contributed by atoms with Crippen LogP contribution in [0.25, 0.3) is 11.4 Å². The lowest BCUT2D eigenvalue weighted by Crippen LogP contribution is -2.32. The van der Waals surface area contributed by atoms with E-state index in [1.165, 1.54) is 23.7 Å². The number of para-hydroxylation sites is 1. The number of hydrogen-bond donors (Lipinski definition) is 1. The van der Waals surface area contributed by atoms with Crippen LogP contribution in [0.15, 0.2) is 65.5 Å². The van der Waals surface area contributed by atoms with E-state index < -0.39 is 23.5 Å². The fourth-order valence-corrected chi connectivity index (χ4v) is 4.17. The van der Waals surface area contributed by atoms with E-state index in [2.05, 4.69) is 5.32 Å². The molecule has 0 saturated carbocycles. The van der Waals surface area contributed by atoms with Gasteiger partial charge in [-0.1, -0.05) is 18.2 Å². The Kier molecular flexibility index (Phi) is 6.65. The van der Waals surface area contributed by atoms with Gasteiger partial charge in [-0.05, 0) is 70.2 Å². The van der Waals surface area contributed by atoms with Gasteiger partial charge in [0.2, 0.25) is 0 Å². The fraction of sp³-hybridized carbons (Fsp3) is 0.222. The summed E-state index contributed by atoms with van der Waals surface area (Å²) in [6, 6.07) is 16.6. The van der Waals surface area contributed by atoms with Crippen LogP contribution in [0.1, 0.15) is 34.4 Å². The molecule has 0 fully saturated rings. The monoisotopic (exact) mass is 490 g/mol. The Morgan fingerprint density at radius 2 is 1.58 bits per heavy atom. The molecule has 186 valence electrons. The van der Waals surface area contributed by atoms with Crippen LogP contribution in [0.2, 0.25) is 0 Å². The predicted molar refractivity (Wildman–Crippen MR) is 134 cm³/mol. The maximum atomic E-state index is 13.3. The highest BCUT2D eigenvalue weighted by Gasteiger charge is 2.25. The van der Waals surface area contributed by atoms with E-state index in [0.29, 0.717) is 28.3 Å². The number of benzene rings is 2. The first kappa shape index (κ1) is 24.7. The van der Waals surface area contributed by atoms with Crippen molar-refractivity contribution in [3.63, 3.8) is 0 Å². The number of amides is 1. The number of aryl methyl sites for hydroxylation is 1. The van der Waals surface area contributed by atoms with Crippen molar-refractivity contribution < 1.29 is 18.7 Å². The highest BCUT2D eigenvalue weighted by atomic mass is 19.1. The number of carbonyl (C=O) groups is 2. The topological polar surface area (TPSA) is 87.3 Å². The molecule has 2 aromatic heterocycles. The van der Waals surface area contributed by atoms with Gasteiger partial charge in [-0.25, -0.2) is 13.9 Å². The number of carbonyl (C=O) groups excluding carboxylic acids is 2. The molecule has 2 aromatic carbocycles. The van der Waals surface area contributed by atoms with E-state index in [1.807, 2.05) is 25.1 Å². The smallest absolute Gasteiger partial charge is 0.340 e. The van der Waals surface area contributed by atoms with Crippen molar-refractivity contribution in [3.05, 3.63) is 99.5 Å². The quantitative estimate of drug-likeness (QED) is 0.410. The van der Waals surface area contributed by atoms with Gasteiger partial charge in [0.1, 0.15) is 11.5 Å². The molecule has 0 bridgehead atoms. The summed E-state index contributed by atoms with van der Waals surface area (Å²) in [6.07, 6.45) is -1.16. The largest absolute Gasteiger partial charge is 0.449 e. The number of esters is 1. The molecule has 1 atom stereocenters. The van der Waals surface area contributed by atoms with E-state index in [9.17, 15) is 18.8 Å². The standard InChI is InChI=1S/C27H27FN4O4/c1-16-15-23(17(2)31(16)21-13-11-20(28)12-14-21)27(35)36-19(4)25(33)29-24-18(3)30(5)32(26(24)34)22-9-7-6-8-10-22/h6-15,19H,1-5H3,(H,29,33)/t19-/m1/s1. The molecule has 36 heavy (non-hydrogen) atoms. The van der Waals surface area contributed by atoms with E-state index >= 15 is 0 Å². The van der Waals surface area contributed by atoms with Crippen molar-refractivity contribution in [1.82, 2.24) is 13.9 Å². The van der Waals surface area contributed by atoms with Crippen molar-refractivity contribution in [2.45, 2.75) is 33.8 Å². The summed E-state index contributed by atoms with van der Waals surface area (Å²) >= 11 is 0. The zero-order valence-corrected chi connectivity index (χ0v) is 20.7. The highest BCUT2D eigenvalue weighted by Crippen LogP contribution is 2.22. The molecule has 0 unspecified atom stereocenters. The molecule has 0 spiro atoms. The van der Waals surface area contributed by atoms with E-state index in [4.69, 9.17) is 4.74 Å². The van der Waals surface area contributed by atoms with Crippen LogP contribution in [0.3, 0.4) is 0 Å². The van der Waals surface area contributed by atoms with Gasteiger partial charge in [0.15, 0.2) is 6.10 Å². The van der Waals surface area contributed by atoms with Crippen LogP contribution < -0.4 is 10.9 Å². The number of halogens is 1. The van der Waals surface area contributed by atoms with Crippen LogP contribution in [0.4, 0.5) is 10.1 Å². The molecule has 4 rings (SSSR count). The first-order valence-electron chi connectivity index (χ1n) is 11.4. The Balaban J connectivity index is 1.52. The Morgan fingerprint density at radius 1 is 0.944 bits per heavy atom. The van der Waals surface area contributed by atoms with E-state index in [0.717, 1.165) is 5.69 Å². The molecule has 1 amide bonds. The summed E-state index contributed by atoms with van der Waals surface area (Å²) in [6.45, 7) is 6.73. The summed E-state index contributed by atoms with van der Waals surface area (Å²) in [5.41, 5.74) is 3.28. The van der Waals surface area contributed by atoms with Gasteiger partial charge in [0.25, 0.3) is 11.5 Å². The van der Waals surface area contributed by atoms with Crippen molar-refractivity contribution in [1.29, 1.82) is 0 Å². The number of anilines is 1. The molecule has 8 nitrogen and oxygen atoms in total. The Labute approximate surface area is 207 Å². The van der Waals surface area contributed by atoms with Crippen molar-refractivity contribution >= 4 is 17.6 Å². The second kappa shape index (κ2) is 9.69.